The molecule has 1 saturated heterocycles. The SMILES string of the molecule is CCCCC(O)[C@@H]1[C@@H](OCc2ccccc2)CCN1O. The Hall–Kier alpha value is -0.940. The number of rotatable bonds is 7. The van der Waals surface area contributed by atoms with Gasteiger partial charge in [0.25, 0.3) is 0 Å². The van der Waals surface area contributed by atoms with Gasteiger partial charge in [-0.05, 0) is 18.4 Å². The number of aliphatic hydroxyl groups is 1. The van der Waals surface area contributed by atoms with Crippen molar-refractivity contribution in [3.05, 3.63) is 35.9 Å². The van der Waals surface area contributed by atoms with Crippen LogP contribution in [0.3, 0.4) is 0 Å². The monoisotopic (exact) mass is 279 g/mol. The first-order valence-electron chi connectivity index (χ1n) is 7.51. The van der Waals surface area contributed by atoms with Gasteiger partial charge in [-0.1, -0.05) is 50.1 Å². The normalized spacial score (nSPS) is 24.9. The van der Waals surface area contributed by atoms with Crippen molar-refractivity contribution in [1.82, 2.24) is 5.06 Å². The molecular formula is C16H25NO3. The van der Waals surface area contributed by atoms with Gasteiger partial charge >= 0.3 is 0 Å². The number of unbranched alkanes of at least 4 members (excludes halogenated alkanes) is 1. The molecule has 4 heteroatoms. The highest BCUT2D eigenvalue weighted by Crippen LogP contribution is 2.25. The molecule has 3 atom stereocenters. The second-order valence-electron chi connectivity index (χ2n) is 5.49. The molecule has 1 heterocycles. The third-order valence-electron chi connectivity index (χ3n) is 3.92. The minimum atomic E-state index is -0.525. The number of nitrogens with zero attached hydrogens (tertiary/aromatic N) is 1. The largest absolute Gasteiger partial charge is 0.391 e. The van der Waals surface area contributed by atoms with Crippen molar-refractivity contribution in [1.29, 1.82) is 0 Å². The lowest BCUT2D eigenvalue weighted by molar-refractivity contribution is -0.156. The Labute approximate surface area is 120 Å². The number of aliphatic hydroxyl groups excluding tert-OH is 1. The van der Waals surface area contributed by atoms with E-state index in [0.29, 0.717) is 19.6 Å². The van der Waals surface area contributed by atoms with E-state index in [0.717, 1.165) is 24.8 Å². The quantitative estimate of drug-likeness (QED) is 0.805. The second-order valence-corrected chi connectivity index (χ2v) is 5.49. The summed E-state index contributed by atoms with van der Waals surface area (Å²) < 4.78 is 5.91. The molecule has 1 aromatic carbocycles. The Balaban J connectivity index is 1.89. The first-order chi connectivity index (χ1) is 9.72. The first kappa shape index (κ1) is 15.4. The molecule has 4 nitrogen and oxygen atoms in total. The fourth-order valence-electron chi connectivity index (χ4n) is 2.76. The molecule has 1 aliphatic heterocycles. The molecule has 2 rings (SSSR count). The highest BCUT2D eigenvalue weighted by molar-refractivity contribution is 5.13. The molecule has 1 aliphatic rings. The van der Waals surface area contributed by atoms with Gasteiger partial charge in [0.1, 0.15) is 0 Å². The van der Waals surface area contributed by atoms with Gasteiger partial charge < -0.3 is 15.1 Å². The summed E-state index contributed by atoms with van der Waals surface area (Å²) in [6.07, 6.45) is 2.86. The lowest BCUT2D eigenvalue weighted by atomic mass is 10.0. The van der Waals surface area contributed by atoms with E-state index in [9.17, 15) is 10.3 Å². The van der Waals surface area contributed by atoms with Crippen LogP contribution in [0.15, 0.2) is 30.3 Å². The molecule has 0 bridgehead atoms. The first-order valence-corrected chi connectivity index (χ1v) is 7.51. The minimum absolute atomic E-state index is 0.105. The maximum absolute atomic E-state index is 10.2. The summed E-state index contributed by atoms with van der Waals surface area (Å²) >= 11 is 0. The van der Waals surface area contributed by atoms with Crippen molar-refractivity contribution in [2.75, 3.05) is 6.54 Å². The van der Waals surface area contributed by atoms with Crippen molar-refractivity contribution >= 4 is 0 Å². The average molecular weight is 279 g/mol. The van der Waals surface area contributed by atoms with Gasteiger partial charge in [0.05, 0.1) is 24.9 Å². The average Bonchev–Trinajstić information content (AvgIpc) is 2.85. The summed E-state index contributed by atoms with van der Waals surface area (Å²) in [7, 11) is 0. The lowest BCUT2D eigenvalue weighted by Gasteiger charge is -2.28. The Kier molecular flexibility index (Phi) is 5.98. The number of hydrogen-bond donors (Lipinski definition) is 2. The topological polar surface area (TPSA) is 52.9 Å². The molecule has 1 aromatic rings. The van der Waals surface area contributed by atoms with Gasteiger partial charge in [0.2, 0.25) is 0 Å². The van der Waals surface area contributed by atoms with Crippen molar-refractivity contribution in [3.63, 3.8) is 0 Å². The number of hydroxylamine groups is 2. The minimum Gasteiger partial charge on any atom is -0.391 e. The summed E-state index contributed by atoms with van der Waals surface area (Å²) in [6, 6.07) is 9.69. The zero-order chi connectivity index (χ0) is 14.4. The molecule has 0 radical (unpaired) electrons. The van der Waals surface area contributed by atoms with Gasteiger partial charge in [-0.25, -0.2) is 0 Å². The molecule has 0 aliphatic carbocycles. The lowest BCUT2D eigenvalue weighted by Crippen LogP contribution is -2.44. The van der Waals surface area contributed by atoms with Crippen LogP contribution in [0.1, 0.15) is 38.2 Å². The van der Waals surface area contributed by atoms with E-state index in [2.05, 4.69) is 6.92 Å². The van der Waals surface area contributed by atoms with Crippen molar-refractivity contribution in [2.24, 2.45) is 0 Å². The third-order valence-corrected chi connectivity index (χ3v) is 3.92. The van der Waals surface area contributed by atoms with E-state index in [1.807, 2.05) is 30.3 Å². The molecule has 1 fully saturated rings. The molecule has 0 saturated carbocycles. The van der Waals surface area contributed by atoms with Crippen molar-refractivity contribution in [3.8, 4) is 0 Å². The standard InChI is InChI=1S/C16H25NO3/c1-2-3-9-14(18)16-15(10-11-17(16)19)20-12-13-7-5-4-6-8-13/h4-8,14-16,18-19H,2-3,9-12H2,1H3/t14?,15-,16+/m0/s1. The van der Waals surface area contributed by atoms with Gasteiger partial charge in [0.15, 0.2) is 0 Å². The zero-order valence-corrected chi connectivity index (χ0v) is 12.1. The van der Waals surface area contributed by atoms with Crippen LogP contribution in [0.4, 0.5) is 0 Å². The number of hydrogen-bond acceptors (Lipinski definition) is 4. The Morgan fingerprint density at radius 3 is 2.80 bits per heavy atom. The van der Waals surface area contributed by atoms with Crippen LogP contribution in [0.5, 0.6) is 0 Å². The summed E-state index contributed by atoms with van der Waals surface area (Å²) in [4.78, 5) is 0. The van der Waals surface area contributed by atoms with Crippen molar-refractivity contribution in [2.45, 2.75) is 57.5 Å². The zero-order valence-electron chi connectivity index (χ0n) is 12.1. The van der Waals surface area contributed by atoms with Crippen LogP contribution >= 0.6 is 0 Å². The molecule has 0 spiro atoms. The van der Waals surface area contributed by atoms with E-state index < -0.39 is 6.10 Å². The molecule has 1 unspecified atom stereocenters. The van der Waals surface area contributed by atoms with Crippen LogP contribution in [-0.4, -0.2) is 40.2 Å². The van der Waals surface area contributed by atoms with E-state index >= 15 is 0 Å². The molecular weight excluding hydrogens is 254 g/mol. The van der Waals surface area contributed by atoms with Crippen LogP contribution in [0, 0.1) is 0 Å². The summed E-state index contributed by atoms with van der Waals surface area (Å²) in [6.45, 7) is 3.19. The molecule has 2 N–H and O–H groups in total. The van der Waals surface area contributed by atoms with Gasteiger partial charge in [0, 0.05) is 6.54 Å². The fourth-order valence-corrected chi connectivity index (χ4v) is 2.76. The van der Waals surface area contributed by atoms with E-state index in [-0.39, 0.29) is 12.1 Å². The smallest absolute Gasteiger partial charge is 0.0871 e. The maximum Gasteiger partial charge on any atom is 0.0871 e. The molecule has 0 aromatic heterocycles. The Morgan fingerprint density at radius 2 is 2.10 bits per heavy atom. The molecule has 20 heavy (non-hydrogen) atoms. The van der Waals surface area contributed by atoms with Crippen LogP contribution in [-0.2, 0) is 11.3 Å². The fraction of sp³-hybridized carbons (Fsp3) is 0.625. The summed E-state index contributed by atoms with van der Waals surface area (Å²) in [5.74, 6) is 0. The van der Waals surface area contributed by atoms with E-state index in [1.54, 1.807) is 0 Å². The predicted molar refractivity (Wildman–Crippen MR) is 77.4 cm³/mol. The predicted octanol–water partition coefficient (Wildman–Crippen LogP) is 2.59. The van der Waals surface area contributed by atoms with Gasteiger partial charge in [-0.2, -0.15) is 5.06 Å². The van der Waals surface area contributed by atoms with Crippen LogP contribution in [0.25, 0.3) is 0 Å². The highest BCUT2D eigenvalue weighted by Gasteiger charge is 2.38. The molecule has 112 valence electrons. The number of ether oxygens (including phenoxy) is 1. The molecule has 0 amide bonds. The van der Waals surface area contributed by atoms with E-state index in [1.165, 1.54) is 5.06 Å². The van der Waals surface area contributed by atoms with Crippen molar-refractivity contribution < 1.29 is 15.1 Å². The van der Waals surface area contributed by atoms with Crippen LogP contribution < -0.4 is 0 Å². The summed E-state index contributed by atoms with van der Waals surface area (Å²) in [5.41, 5.74) is 1.12. The van der Waals surface area contributed by atoms with Gasteiger partial charge in [-0.15, -0.1) is 0 Å². The maximum atomic E-state index is 10.2. The summed E-state index contributed by atoms with van der Waals surface area (Å²) in [5, 5.41) is 21.4. The number of benzene rings is 1. The third kappa shape index (κ3) is 4.03. The Bertz CT molecular complexity index is 385. The van der Waals surface area contributed by atoms with Crippen LogP contribution in [0.2, 0.25) is 0 Å². The van der Waals surface area contributed by atoms with E-state index in [4.69, 9.17) is 4.74 Å². The second kappa shape index (κ2) is 7.74. The Morgan fingerprint density at radius 1 is 1.35 bits per heavy atom. The highest BCUT2D eigenvalue weighted by atomic mass is 16.5. The van der Waals surface area contributed by atoms with Gasteiger partial charge in [-0.3, -0.25) is 0 Å².